The van der Waals surface area contributed by atoms with Crippen molar-refractivity contribution in [3.8, 4) is 0 Å². The number of benzene rings is 1. The van der Waals surface area contributed by atoms with Crippen molar-refractivity contribution in [2.24, 2.45) is 5.92 Å². The van der Waals surface area contributed by atoms with E-state index in [9.17, 15) is 9.18 Å². The molecule has 6 heteroatoms. The van der Waals surface area contributed by atoms with Gasteiger partial charge in [0.15, 0.2) is 6.29 Å². The number of fused-ring (bicyclic) bond motifs is 1. The Balaban J connectivity index is 1.50. The summed E-state index contributed by atoms with van der Waals surface area (Å²) in [5.41, 5.74) is 0.752. The highest BCUT2D eigenvalue weighted by molar-refractivity contribution is 7.21. The SMILES string of the molecule is Cc1c(C(=O)N2CCC(C3OCCO3)CC2)sc2cccc(F)c12. The molecule has 24 heavy (non-hydrogen) atoms. The van der Waals surface area contributed by atoms with E-state index in [-0.39, 0.29) is 18.0 Å². The third-order valence-electron chi connectivity index (χ3n) is 4.96. The summed E-state index contributed by atoms with van der Waals surface area (Å²) in [4.78, 5) is 15.4. The predicted octanol–water partition coefficient (Wildman–Crippen LogP) is 3.57. The molecule has 0 atom stereocenters. The first-order chi connectivity index (χ1) is 11.6. The minimum absolute atomic E-state index is 0.0137. The maximum atomic E-state index is 14.0. The summed E-state index contributed by atoms with van der Waals surface area (Å²) in [5, 5.41) is 0.577. The Labute approximate surface area is 144 Å². The molecule has 0 aliphatic carbocycles. The molecule has 128 valence electrons. The Kier molecular flexibility index (Phi) is 4.28. The van der Waals surface area contributed by atoms with Crippen molar-refractivity contribution in [2.45, 2.75) is 26.1 Å². The van der Waals surface area contributed by atoms with Crippen molar-refractivity contribution >= 4 is 27.3 Å². The second-order valence-electron chi connectivity index (χ2n) is 6.41. The van der Waals surface area contributed by atoms with Crippen LogP contribution in [0.5, 0.6) is 0 Å². The molecular weight excluding hydrogens is 329 g/mol. The highest BCUT2D eigenvalue weighted by Crippen LogP contribution is 2.34. The van der Waals surface area contributed by atoms with Crippen LogP contribution in [0.25, 0.3) is 10.1 Å². The molecule has 2 aliphatic heterocycles. The highest BCUT2D eigenvalue weighted by atomic mass is 32.1. The molecule has 2 aromatic rings. The van der Waals surface area contributed by atoms with Gasteiger partial charge in [-0.3, -0.25) is 4.79 Å². The van der Waals surface area contributed by atoms with Crippen molar-refractivity contribution in [2.75, 3.05) is 26.3 Å². The van der Waals surface area contributed by atoms with E-state index in [1.54, 1.807) is 6.07 Å². The number of rotatable bonds is 2. The van der Waals surface area contributed by atoms with Gasteiger partial charge in [-0.1, -0.05) is 6.07 Å². The number of carbonyl (C=O) groups excluding carboxylic acids is 1. The molecule has 1 aromatic carbocycles. The predicted molar refractivity (Wildman–Crippen MR) is 90.8 cm³/mol. The standard InChI is InChI=1S/C18H20FNO3S/c1-11-15-13(19)3-2-4-14(15)24-16(11)17(21)20-7-5-12(6-8-20)18-22-9-10-23-18/h2-4,12,18H,5-10H2,1H3. The van der Waals surface area contributed by atoms with Crippen LogP contribution in [-0.2, 0) is 9.47 Å². The Morgan fingerprint density at radius 1 is 1.25 bits per heavy atom. The minimum Gasteiger partial charge on any atom is -0.350 e. The van der Waals surface area contributed by atoms with Crippen LogP contribution in [0, 0.1) is 18.7 Å². The van der Waals surface area contributed by atoms with Gasteiger partial charge in [0.25, 0.3) is 5.91 Å². The fourth-order valence-corrected chi connectivity index (χ4v) is 4.82. The monoisotopic (exact) mass is 349 g/mol. The number of nitrogens with zero attached hydrogens (tertiary/aromatic N) is 1. The maximum Gasteiger partial charge on any atom is 0.264 e. The van der Waals surface area contributed by atoms with E-state index in [4.69, 9.17) is 9.47 Å². The van der Waals surface area contributed by atoms with Crippen molar-refractivity contribution in [1.29, 1.82) is 0 Å². The zero-order valence-corrected chi connectivity index (χ0v) is 14.4. The summed E-state index contributed by atoms with van der Waals surface area (Å²) in [6.07, 6.45) is 1.66. The van der Waals surface area contributed by atoms with E-state index in [0.717, 1.165) is 23.1 Å². The van der Waals surface area contributed by atoms with Gasteiger partial charge in [0.2, 0.25) is 0 Å². The number of hydrogen-bond donors (Lipinski definition) is 0. The zero-order chi connectivity index (χ0) is 16.7. The Bertz CT molecular complexity index is 761. The van der Waals surface area contributed by atoms with Crippen LogP contribution in [0.3, 0.4) is 0 Å². The van der Waals surface area contributed by atoms with E-state index in [2.05, 4.69) is 0 Å². The molecule has 2 aliphatic rings. The molecular formula is C18H20FNO3S. The average molecular weight is 349 g/mol. The molecule has 2 saturated heterocycles. The Hall–Kier alpha value is -1.50. The quantitative estimate of drug-likeness (QED) is 0.832. The lowest BCUT2D eigenvalue weighted by Gasteiger charge is -2.33. The maximum absolute atomic E-state index is 14.0. The normalized spacial score (nSPS) is 20.2. The summed E-state index contributed by atoms with van der Waals surface area (Å²) >= 11 is 1.39. The largest absolute Gasteiger partial charge is 0.350 e. The molecule has 0 spiro atoms. The summed E-state index contributed by atoms with van der Waals surface area (Å²) in [7, 11) is 0. The zero-order valence-electron chi connectivity index (χ0n) is 13.6. The molecule has 0 unspecified atom stereocenters. The third kappa shape index (κ3) is 2.72. The van der Waals surface area contributed by atoms with Crippen LogP contribution in [-0.4, -0.2) is 43.4 Å². The Morgan fingerprint density at radius 2 is 1.96 bits per heavy atom. The number of hydrogen-bond acceptors (Lipinski definition) is 4. The van der Waals surface area contributed by atoms with Gasteiger partial charge in [0, 0.05) is 29.1 Å². The third-order valence-corrected chi connectivity index (χ3v) is 6.20. The fourth-order valence-electron chi connectivity index (χ4n) is 3.62. The number of aryl methyl sites for hydroxylation is 1. The van der Waals surface area contributed by atoms with Crippen LogP contribution in [0.1, 0.15) is 28.1 Å². The molecule has 0 bridgehead atoms. The van der Waals surface area contributed by atoms with Crippen molar-refractivity contribution in [3.05, 3.63) is 34.5 Å². The number of halogens is 1. The molecule has 4 nitrogen and oxygen atoms in total. The topological polar surface area (TPSA) is 38.8 Å². The fraction of sp³-hybridized carbons (Fsp3) is 0.500. The van der Waals surface area contributed by atoms with Gasteiger partial charge in [-0.15, -0.1) is 11.3 Å². The molecule has 1 aromatic heterocycles. The highest BCUT2D eigenvalue weighted by Gasteiger charge is 2.33. The van der Waals surface area contributed by atoms with E-state index < -0.39 is 0 Å². The van der Waals surface area contributed by atoms with Gasteiger partial charge >= 0.3 is 0 Å². The lowest BCUT2D eigenvalue weighted by molar-refractivity contribution is -0.0956. The second-order valence-corrected chi connectivity index (χ2v) is 7.46. The first-order valence-electron chi connectivity index (χ1n) is 8.35. The van der Waals surface area contributed by atoms with Gasteiger partial charge in [-0.25, -0.2) is 4.39 Å². The van der Waals surface area contributed by atoms with Gasteiger partial charge in [0.05, 0.1) is 18.1 Å². The number of carbonyl (C=O) groups is 1. The van der Waals surface area contributed by atoms with E-state index >= 15 is 0 Å². The average Bonchev–Trinajstić information content (AvgIpc) is 3.23. The first kappa shape index (κ1) is 16.0. The molecule has 3 heterocycles. The Morgan fingerprint density at radius 3 is 2.62 bits per heavy atom. The molecule has 0 N–H and O–H groups in total. The van der Waals surface area contributed by atoms with Crippen LogP contribution in [0.2, 0.25) is 0 Å². The molecule has 0 saturated carbocycles. The van der Waals surface area contributed by atoms with Crippen LogP contribution in [0.4, 0.5) is 4.39 Å². The number of likely N-dealkylation sites (tertiary alicyclic amines) is 1. The van der Waals surface area contributed by atoms with Crippen molar-refractivity contribution in [3.63, 3.8) is 0 Å². The summed E-state index contributed by atoms with van der Waals surface area (Å²) in [6, 6.07) is 5.01. The number of piperidine rings is 1. The van der Waals surface area contributed by atoms with E-state index in [1.807, 2.05) is 17.9 Å². The first-order valence-corrected chi connectivity index (χ1v) is 9.17. The lowest BCUT2D eigenvalue weighted by atomic mass is 9.96. The van der Waals surface area contributed by atoms with E-state index in [1.165, 1.54) is 17.4 Å². The molecule has 1 amide bonds. The van der Waals surface area contributed by atoms with Gasteiger partial charge in [-0.2, -0.15) is 0 Å². The van der Waals surface area contributed by atoms with Crippen molar-refractivity contribution in [1.82, 2.24) is 4.90 Å². The van der Waals surface area contributed by atoms with Crippen molar-refractivity contribution < 1.29 is 18.7 Å². The molecule has 4 rings (SSSR count). The number of thiophene rings is 1. The van der Waals surface area contributed by atoms with E-state index in [0.29, 0.717) is 42.5 Å². The summed E-state index contributed by atoms with van der Waals surface area (Å²) in [6.45, 7) is 4.56. The summed E-state index contributed by atoms with van der Waals surface area (Å²) < 4.78 is 26.0. The van der Waals surface area contributed by atoms with Crippen LogP contribution >= 0.6 is 11.3 Å². The lowest BCUT2D eigenvalue weighted by Crippen LogP contribution is -2.41. The van der Waals surface area contributed by atoms with Gasteiger partial charge < -0.3 is 14.4 Å². The van der Waals surface area contributed by atoms with Gasteiger partial charge in [0.1, 0.15) is 5.82 Å². The second kappa shape index (κ2) is 6.43. The minimum atomic E-state index is -0.255. The summed E-state index contributed by atoms with van der Waals surface area (Å²) in [5.74, 6) is 0.117. The number of amides is 1. The number of ether oxygens (including phenoxy) is 2. The van der Waals surface area contributed by atoms with Crippen LogP contribution in [0.15, 0.2) is 18.2 Å². The van der Waals surface area contributed by atoms with Gasteiger partial charge in [-0.05, 0) is 37.5 Å². The molecule has 0 radical (unpaired) electrons. The van der Waals surface area contributed by atoms with Crippen LogP contribution < -0.4 is 0 Å². The smallest absolute Gasteiger partial charge is 0.264 e. The molecule has 2 fully saturated rings.